The number of aliphatic hydroxyl groups is 1. The minimum absolute atomic E-state index is 0.0245. The van der Waals surface area contributed by atoms with Gasteiger partial charge in [0.1, 0.15) is 17.1 Å². The number of amides is 1. The second-order valence-electron chi connectivity index (χ2n) is 9.57. The van der Waals surface area contributed by atoms with Crippen LogP contribution in [0, 0.1) is 25.2 Å². The molecule has 0 spiro atoms. The monoisotopic (exact) mass is 494 g/mol. The average molecular weight is 495 g/mol. The standard InChI is InChI=1S/C30H27FN4O2/c1-20-17-28(35(34-20)25-10-6-9-24(19-25)32-2)29(36)33-27-18-23(13-14-26(27)31)30(37,16-15-21-11-12-21)22-7-4-3-5-8-22/h3-10,13-14,17-19,21,37H,11-12,15-16H2,1H3,(H,33,36). The van der Waals surface area contributed by atoms with E-state index in [4.69, 9.17) is 6.57 Å². The van der Waals surface area contributed by atoms with Crippen LogP contribution in [0.15, 0.2) is 78.9 Å². The van der Waals surface area contributed by atoms with Crippen molar-refractivity contribution >= 4 is 17.3 Å². The number of carbonyl (C=O) groups excluding carboxylic acids is 1. The Hall–Kier alpha value is -4.28. The fraction of sp³-hybridized carbons (Fsp3) is 0.233. The highest BCUT2D eigenvalue weighted by Crippen LogP contribution is 2.41. The summed E-state index contributed by atoms with van der Waals surface area (Å²) in [6.45, 7) is 9.02. The molecule has 0 bridgehead atoms. The topological polar surface area (TPSA) is 71.5 Å². The van der Waals surface area contributed by atoms with Gasteiger partial charge in [0.15, 0.2) is 5.69 Å². The predicted octanol–water partition coefficient (Wildman–Crippen LogP) is 6.55. The van der Waals surface area contributed by atoms with E-state index < -0.39 is 17.3 Å². The molecule has 2 N–H and O–H groups in total. The Balaban J connectivity index is 1.48. The van der Waals surface area contributed by atoms with Gasteiger partial charge in [-0.3, -0.25) is 4.79 Å². The van der Waals surface area contributed by atoms with E-state index in [1.54, 1.807) is 43.3 Å². The number of rotatable bonds is 8. The summed E-state index contributed by atoms with van der Waals surface area (Å²) in [5, 5.41) is 18.9. The molecule has 1 saturated carbocycles. The molecule has 37 heavy (non-hydrogen) atoms. The second-order valence-corrected chi connectivity index (χ2v) is 9.57. The first kappa shape index (κ1) is 24.4. The van der Waals surface area contributed by atoms with Gasteiger partial charge in [0, 0.05) is 0 Å². The molecule has 1 unspecified atom stereocenters. The quantitative estimate of drug-likeness (QED) is 0.273. The van der Waals surface area contributed by atoms with Crippen molar-refractivity contribution in [2.24, 2.45) is 5.92 Å². The molecule has 1 aliphatic carbocycles. The van der Waals surface area contributed by atoms with Gasteiger partial charge in [-0.2, -0.15) is 5.10 Å². The summed E-state index contributed by atoms with van der Waals surface area (Å²) in [5.74, 6) is -0.543. The van der Waals surface area contributed by atoms with E-state index >= 15 is 0 Å². The van der Waals surface area contributed by atoms with Crippen LogP contribution in [0.4, 0.5) is 15.8 Å². The van der Waals surface area contributed by atoms with E-state index in [0.29, 0.717) is 35.0 Å². The molecule has 1 heterocycles. The van der Waals surface area contributed by atoms with Gasteiger partial charge in [-0.15, -0.1) is 0 Å². The highest BCUT2D eigenvalue weighted by molar-refractivity contribution is 6.03. The summed E-state index contributed by atoms with van der Waals surface area (Å²) < 4.78 is 16.4. The van der Waals surface area contributed by atoms with E-state index in [9.17, 15) is 14.3 Å². The molecule has 1 fully saturated rings. The summed E-state index contributed by atoms with van der Waals surface area (Å²) in [6.07, 6.45) is 3.71. The molecule has 1 amide bonds. The molecule has 0 radical (unpaired) electrons. The zero-order valence-electron chi connectivity index (χ0n) is 20.5. The third-order valence-electron chi connectivity index (χ3n) is 6.82. The Morgan fingerprint density at radius 3 is 2.62 bits per heavy atom. The van der Waals surface area contributed by atoms with Gasteiger partial charge in [0.05, 0.1) is 23.6 Å². The lowest BCUT2D eigenvalue weighted by atomic mass is 9.82. The van der Waals surface area contributed by atoms with E-state index in [0.717, 1.165) is 12.0 Å². The Morgan fingerprint density at radius 2 is 1.89 bits per heavy atom. The summed E-state index contributed by atoms with van der Waals surface area (Å²) in [4.78, 5) is 16.8. The lowest BCUT2D eigenvalue weighted by molar-refractivity contribution is 0.0669. The van der Waals surface area contributed by atoms with Crippen molar-refractivity contribution in [3.05, 3.63) is 119 Å². The number of benzene rings is 3. The molecule has 0 saturated heterocycles. The van der Waals surface area contributed by atoms with Crippen molar-refractivity contribution in [1.82, 2.24) is 9.78 Å². The van der Waals surface area contributed by atoms with Crippen molar-refractivity contribution in [2.45, 2.75) is 38.2 Å². The van der Waals surface area contributed by atoms with Crippen LogP contribution in [-0.4, -0.2) is 20.8 Å². The third kappa shape index (κ3) is 5.16. The number of aryl methyl sites for hydroxylation is 1. The molecule has 186 valence electrons. The number of nitrogens with zero attached hydrogens (tertiary/aromatic N) is 3. The normalized spacial score (nSPS) is 14.5. The van der Waals surface area contributed by atoms with Crippen LogP contribution >= 0.6 is 0 Å². The summed E-state index contributed by atoms with van der Waals surface area (Å²) in [6, 6.07) is 22.1. The maximum absolute atomic E-state index is 14.9. The first-order valence-corrected chi connectivity index (χ1v) is 12.3. The zero-order valence-corrected chi connectivity index (χ0v) is 20.5. The Morgan fingerprint density at radius 1 is 1.11 bits per heavy atom. The van der Waals surface area contributed by atoms with Crippen molar-refractivity contribution in [3.63, 3.8) is 0 Å². The van der Waals surface area contributed by atoms with Crippen LogP contribution in [0.3, 0.4) is 0 Å². The van der Waals surface area contributed by atoms with Gasteiger partial charge >= 0.3 is 0 Å². The van der Waals surface area contributed by atoms with Gasteiger partial charge in [-0.1, -0.05) is 61.4 Å². The van der Waals surface area contributed by atoms with E-state index in [1.807, 2.05) is 30.3 Å². The van der Waals surface area contributed by atoms with E-state index in [2.05, 4.69) is 15.3 Å². The van der Waals surface area contributed by atoms with Gasteiger partial charge in [-0.25, -0.2) is 13.9 Å². The number of halogens is 1. The fourth-order valence-electron chi connectivity index (χ4n) is 4.61. The maximum Gasteiger partial charge on any atom is 0.274 e. The molecule has 5 rings (SSSR count). The van der Waals surface area contributed by atoms with Crippen LogP contribution < -0.4 is 5.32 Å². The molecule has 3 aromatic carbocycles. The van der Waals surface area contributed by atoms with Gasteiger partial charge in [-0.05, 0) is 67.1 Å². The van der Waals surface area contributed by atoms with E-state index in [-0.39, 0.29) is 11.4 Å². The molecule has 6 nitrogen and oxygen atoms in total. The van der Waals surface area contributed by atoms with Crippen molar-refractivity contribution < 1.29 is 14.3 Å². The number of carbonyl (C=O) groups is 1. The van der Waals surface area contributed by atoms with Crippen LogP contribution in [-0.2, 0) is 5.60 Å². The van der Waals surface area contributed by atoms with Gasteiger partial charge in [0.25, 0.3) is 5.91 Å². The smallest absolute Gasteiger partial charge is 0.274 e. The van der Waals surface area contributed by atoms with Crippen LogP contribution in [0.5, 0.6) is 0 Å². The Kier molecular flexibility index (Phi) is 6.60. The minimum atomic E-state index is -1.31. The van der Waals surface area contributed by atoms with Crippen molar-refractivity contribution in [1.29, 1.82) is 0 Å². The van der Waals surface area contributed by atoms with Gasteiger partial charge < -0.3 is 10.4 Å². The fourth-order valence-corrected chi connectivity index (χ4v) is 4.61. The van der Waals surface area contributed by atoms with Crippen LogP contribution in [0.25, 0.3) is 10.5 Å². The Labute approximate surface area is 215 Å². The Bertz CT molecular complexity index is 1490. The number of hydrogen-bond donors (Lipinski definition) is 2. The highest BCUT2D eigenvalue weighted by Gasteiger charge is 2.35. The highest BCUT2D eigenvalue weighted by atomic mass is 19.1. The lowest BCUT2D eigenvalue weighted by Crippen LogP contribution is -2.28. The summed E-state index contributed by atoms with van der Waals surface area (Å²) in [7, 11) is 0. The zero-order chi connectivity index (χ0) is 26.0. The number of nitrogens with one attached hydrogen (secondary N) is 1. The molecule has 0 aliphatic heterocycles. The molecular formula is C30H27FN4O2. The predicted molar refractivity (Wildman–Crippen MR) is 140 cm³/mol. The first-order valence-electron chi connectivity index (χ1n) is 12.3. The van der Waals surface area contributed by atoms with Crippen molar-refractivity contribution in [3.8, 4) is 5.69 Å². The first-order chi connectivity index (χ1) is 17.9. The number of aromatic nitrogens is 2. The maximum atomic E-state index is 14.9. The molecule has 1 aliphatic rings. The molecule has 4 aromatic rings. The van der Waals surface area contributed by atoms with E-state index in [1.165, 1.54) is 29.7 Å². The SMILES string of the molecule is [C-]#[N+]c1cccc(-n2nc(C)cc2C(=O)Nc2cc(C(O)(CCC3CC3)c3ccccc3)ccc2F)c1. The van der Waals surface area contributed by atoms with Crippen molar-refractivity contribution in [2.75, 3.05) is 5.32 Å². The molecule has 1 atom stereocenters. The number of anilines is 1. The van der Waals surface area contributed by atoms with Gasteiger partial charge in [0.2, 0.25) is 0 Å². The van der Waals surface area contributed by atoms with Crippen LogP contribution in [0.2, 0.25) is 0 Å². The largest absolute Gasteiger partial charge is 0.380 e. The number of hydrogen-bond acceptors (Lipinski definition) is 3. The average Bonchev–Trinajstić information content (AvgIpc) is 3.67. The van der Waals surface area contributed by atoms with Crippen LogP contribution in [0.1, 0.15) is 53.0 Å². The third-order valence-corrected chi connectivity index (χ3v) is 6.82. The minimum Gasteiger partial charge on any atom is -0.380 e. The second kappa shape index (κ2) is 10.00. The molecule has 7 heteroatoms. The molecular weight excluding hydrogens is 467 g/mol. The summed E-state index contributed by atoms with van der Waals surface area (Å²) in [5.41, 5.74) is 1.70. The summed E-state index contributed by atoms with van der Waals surface area (Å²) >= 11 is 0. The lowest BCUT2D eigenvalue weighted by Gasteiger charge is -2.30. The molecule has 1 aromatic heterocycles.